The van der Waals surface area contributed by atoms with Gasteiger partial charge in [0.25, 0.3) is 5.91 Å². The summed E-state index contributed by atoms with van der Waals surface area (Å²) in [5, 5.41) is 5.69. The number of nitrogens with one attached hydrogen (secondary N) is 2. The lowest BCUT2D eigenvalue weighted by Gasteiger charge is -2.10. The highest BCUT2D eigenvalue weighted by Gasteiger charge is 2.14. The molecule has 6 heteroatoms. The van der Waals surface area contributed by atoms with Gasteiger partial charge in [-0.25, -0.2) is 0 Å². The maximum atomic E-state index is 11.9. The number of carbonyl (C=O) groups is 2. The second kappa shape index (κ2) is 6.91. The van der Waals surface area contributed by atoms with E-state index >= 15 is 0 Å². The Balaban J connectivity index is 1.59. The first-order valence-electron chi connectivity index (χ1n) is 7.46. The summed E-state index contributed by atoms with van der Waals surface area (Å²) in [6.07, 6.45) is 4.19. The summed E-state index contributed by atoms with van der Waals surface area (Å²) in [6, 6.07) is 9.02. The molecule has 0 fully saturated rings. The largest absolute Gasteiger partial charge is 0.491 e. The Kier molecular flexibility index (Phi) is 4.52. The molecular weight excluding hydrogens is 294 g/mol. The van der Waals surface area contributed by atoms with Crippen molar-refractivity contribution in [2.75, 3.05) is 18.5 Å². The van der Waals surface area contributed by atoms with Gasteiger partial charge in [-0.15, -0.1) is 0 Å². The molecule has 2 N–H and O–H groups in total. The van der Waals surface area contributed by atoms with Gasteiger partial charge in [0.15, 0.2) is 0 Å². The first-order chi connectivity index (χ1) is 11.2. The van der Waals surface area contributed by atoms with Gasteiger partial charge in [0, 0.05) is 24.5 Å². The molecule has 118 valence electrons. The molecule has 0 aliphatic carbocycles. The van der Waals surface area contributed by atoms with Crippen molar-refractivity contribution in [3.63, 3.8) is 0 Å². The zero-order valence-corrected chi connectivity index (χ0v) is 12.5. The Bertz CT molecular complexity index is 716. The van der Waals surface area contributed by atoms with E-state index in [0.717, 1.165) is 5.56 Å². The zero-order valence-electron chi connectivity index (χ0n) is 12.5. The molecule has 0 radical (unpaired) electrons. The van der Waals surface area contributed by atoms with Crippen LogP contribution < -0.4 is 15.4 Å². The maximum absolute atomic E-state index is 11.9. The number of hydrogen-bond acceptors (Lipinski definition) is 4. The lowest BCUT2D eigenvalue weighted by atomic mass is 10.1. The molecule has 0 saturated carbocycles. The zero-order chi connectivity index (χ0) is 16.1. The molecule has 0 saturated heterocycles. The fourth-order valence-electron chi connectivity index (χ4n) is 2.35. The highest BCUT2D eigenvalue weighted by molar-refractivity contribution is 5.94. The van der Waals surface area contributed by atoms with Crippen molar-refractivity contribution in [1.82, 2.24) is 10.3 Å². The van der Waals surface area contributed by atoms with Crippen LogP contribution in [0, 0.1) is 0 Å². The summed E-state index contributed by atoms with van der Waals surface area (Å²) in [6.45, 7) is 0.898. The van der Waals surface area contributed by atoms with E-state index in [-0.39, 0.29) is 11.8 Å². The fraction of sp³-hybridized carbons (Fsp3) is 0.235. The van der Waals surface area contributed by atoms with Crippen molar-refractivity contribution >= 4 is 17.5 Å². The number of amides is 2. The minimum Gasteiger partial charge on any atom is -0.491 e. The minimum absolute atomic E-state index is 0.0492. The van der Waals surface area contributed by atoms with Crippen LogP contribution in [0.25, 0.3) is 0 Å². The summed E-state index contributed by atoms with van der Waals surface area (Å²) in [7, 11) is 0. The molecule has 0 spiro atoms. The van der Waals surface area contributed by atoms with E-state index in [1.54, 1.807) is 24.5 Å². The monoisotopic (exact) mass is 311 g/mol. The van der Waals surface area contributed by atoms with Crippen LogP contribution in [0.2, 0.25) is 0 Å². The van der Waals surface area contributed by atoms with Crippen LogP contribution in [0.5, 0.6) is 5.75 Å². The predicted octanol–water partition coefficient (Wildman–Crippen LogP) is 1.78. The summed E-state index contributed by atoms with van der Waals surface area (Å²) < 4.78 is 5.52. The standard InChI is InChI=1S/C17H17N3O3/c21-16-6-10-23-15-2-1-12(11-14(15)20-16)3-9-19-17(22)13-4-7-18-8-5-13/h1-2,4-5,7-8,11H,3,6,9-10H2,(H,19,22)(H,20,21). The van der Waals surface area contributed by atoms with Crippen LogP contribution in [0.4, 0.5) is 5.69 Å². The van der Waals surface area contributed by atoms with Gasteiger partial charge in [-0.05, 0) is 36.2 Å². The second-order valence-corrected chi connectivity index (χ2v) is 5.22. The Hall–Kier alpha value is -2.89. The van der Waals surface area contributed by atoms with Crippen LogP contribution in [0.3, 0.4) is 0 Å². The molecule has 1 aliphatic heterocycles. The van der Waals surface area contributed by atoms with Gasteiger partial charge in [0.2, 0.25) is 5.91 Å². The molecule has 1 aliphatic rings. The Morgan fingerprint density at radius 3 is 2.91 bits per heavy atom. The molecule has 3 rings (SSSR count). The van der Waals surface area contributed by atoms with Crippen molar-refractivity contribution in [1.29, 1.82) is 0 Å². The lowest BCUT2D eigenvalue weighted by Crippen LogP contribution is -2.25. The quantitative estimate of drug-likeness (QED) is 0.902. The molecule has 2 aromatic rings. The van der Waals surface area contributed by atoms with Crippen LogP contribution in [-0.4, -0.2) is 29.9 Å². The number of pyridine rings is 1. The third-order valence-electron chi connectivity index (χ3n) is 3.55. The van der Waals surface area contributed by atoms with E-state index in [9.17, 15) is 9.59 Å². The first-order valence-corrected chi connectivity index (χ1v) is 7.46. The smallest absolute Gasteiger partial charge is 0.251 e. The van der Waals surface area contributed by atoms with E-state index in [1.807, 2.05) is 18.2 Å². The van der Waals surface area contributed by atoms with E-state index in [1.165, 1.54) is 0 Å². The molecule has 0 unspecified atom stereocenters. The van der Waals surface area contributed by atoms with Gasteiger partial charge in [-0.1, -0.05) is 6.07 Å². The third-order valence-corrected chi connectivity index (χ3v) is 3.55. The minimum atomic E-state index is -0.126. The maximum Gasteiger partial charge on any atom is 0.251 e. The summed E-state index contributed by atoms with van der Waals surface area (Å²) >= 11 is 0. The van der Waals surface area contributed by atoms with Gasteiger partial charge in [0.05, 0.1) is 18.7 Å². The predicted molar refractivity (Wildman–Crippen MR) is 85.5 cm³/mol. The number of anilines is 1. The number of aromatic nitrogens is 1. The topological polar surface area (TPSA) is 80.3 Å². The molecule has 23 heavy (non-hydrogen) atoms. The lowest BCUT2D eigenvalue weighted by molar-refractivity contribution is -0.116. The van der Waals surface area contributed by atoms with Crippen LogP contribution >= 0.6 is 0 Å². The number of rotatable bonds is 4. The van der Waals surface area contributed by atoms with Crippen molar-refractivity contribution in [2.24, 2.45) is 0 Å². The molecule has 0 bridgehead atoms. The summed E-state index contributed by atoms with van der Waals surface area (Å²) in [5.74, 6) is 0.506. The summed E-state index contributed by atoms with van der Waals surface area (Å²) in [4.78, 5) is 27.4. The Labute approximate surface area is 133 Å². The van der Waals surface area contributed by atoms with Gasteiger partial charge in [-0.2, -0.15) is 0 Å². The second-order valence-electron chi connectivity index (χ2n) is 5.22. The van der Waals surface area contributed by atoms with Crippen molar-refractivity contribution in [3.05, 3.63) is 53.9 Å². The van der Waals surface area contributed by atoms with Crippen molar-refractivity contribution < 1.29 is 14.3 Å². The molecule has 6 nitrogen and oxygen atoms in total. The Morgan fingerprint density at radius 2 is 2.09 bits per heavy atom. The Morgan fingerprint density at radius 1 is 1.26 bits per heavy atom. The number of benzene rings is 1. The van der Waals surface area contributed by atoms with Crippen LogP contribution in [0.15, 0.2) is 42.7 Å². The van der Waals surface area contributed by atoms with Gasteiger partial charge < -0.3 is 15.4 Å². The van der Waals surface area contributed by atoms with Gasteiger partial charge in [-0.3, -0.25) is 14.6 Å². The highest BCUT2D eigenvalue weighted by Crippen LogP contribution is 2.28. The molecule has 0 atom stereocenters. The number of ether oxygens (including phenoxy) is 1. The normalized spacial score (nSPS) is 13.3. The SMILES string of the molecule is O=C1CCOc2ccc(CCNC(=O)c3ccncc3)cc2N1. The van der Waals surface area contributed by atoms with E-state index in [2.05, 4.69) is 15.6 Å². The summed E-state index contributed by atoms with van der Waals surface area (Å²) in [5.41, 5.74) is 2.29. The molecule has 1 aromatic heterocycles. The number of fused-ring (bicyclic) bond motifs is 1. The number of carbonyl (C=O) groups excluding carboxylic acids is 2. The molecule has 2 amide bonds. The van der Waals surface area contributed by atoms with Crippen molar-refractivity contribution in [2.45, 2.75) is 12.8 Å². The van der Waals surface area contributed by atoms with Crippen molar-refractivity contribution in [3.8, 4) is 5.75 Å². The third kappa shape index (κ3) is 3.85. The van der Waals surface area contributed by atoms with E-state index < -0.39 is 0 Å². The highest BCUT2D eigenvalue weighted by atomic mass is 16.5. The van der Waals surface area contributed by atoms with E-state index in [4.69, 9.17) is 4.74 Å². The van der Waals surface area contributed by atoms with Gasteiger partial charge in [0.1, 0.15) is 5.75 Å². The fourth-order valence-corrected chi connectivity index (χ4v) is 2.35. The van der Waals surface area contributed by atoms with Crippen LogP contribution in [-0.2, 0) is 11.2 Å². The first kappa shape index (κ1) is 15.0. The molecular formula is C17H17N3O3. The average molecular weight is 311 g/mol. The number of hydrogen-bond donors (Lipinski definition) is 2. The van der Waals surface area contributed by atoms with E-state index in [0.29, 0.717) is 43.0 Å². The number of nitrogens with zero attached hydrogens (tertiary/aromatic N) is 1. The average Bonchev–Trinajstić information content (AvgIpc) is 2.75. The molecule has 1 aromatic carbocycles. The van der Waals surface area contributed by atoms with Gasteiger partial charge >= 0.3 is 0 Å². The molecule has 2 heterocycles. The van der Waals surface area contributed by atoms with Crippen LogP contribution in [0.1, 0.15) is 22.3 Å².